The number of rotatable bonds is 5. The van der Waals surface area contributed by atoms with E-state index in [9.17, 15) is 9.59 Å². The second-order valence-corrected chi connectivity index (χ2v) is 4.81. The second kappa shape index (κ2) is 7.42. The van der Waals surface area contributed by atoms with Gasteiger partial charge in [0, 0.05) is 44.2 Å². The first-order chi connectivity index (χ1) is 10.2. The zero-order valence-corrected chi connectivity index (χ0v) is 12.1. The lowest BCUT2D eigenvalue weighted by Crippen LogP contribution is -2.35. The fraction of sp³-hybridized carbons (Fsp3) is 0.400. The Morgan fingerprint density at radius 1 is 1.33 bits per heavy atom. The summed E-state index contributed by atoms with van der Waals surface area (Å²) in [4.78, 5) is 27.6. The van der Waals surface area contributed by atoms with Gasteiger partial charge in [0.2, 0.25) is 5.91 Å². The molecule has 1 aromatic carbocycles. The predicted molar refractivity (Wildman–Crippen MR) is 82.6 cm³/mol. The van der Waals surface area contributed by atoms with Gasteiger partial charge in [0.25, 0.3) is 0 Å². The van der Waals surface area contributed by atoms with Gasteiger partial charge in [-0.05, 0) is 18.6 Å². The minimum absolute atomic E-state index is 0.0409. The van der Waals surface area contributed by atoms with Gasteiger partial charge < -0.3 is 16.0 Å². The molecular weight excluding hydrogens is 268 g/mol. The molecule has 0 atom stereocenters. The van der Waals surface area contributed by atoms with Gasteiger partial charge in [-0.1, -0.05) is 12.1 Å². The lowest BCUT2D eigenvalue weighted by atomic mass is 10.1. The number of carbonyl (C=O) groups excluding carboxylic acids is 2. The van der Waals surface area contributed by atoms with E-state index in [1.807, 2.05) is 12.1 Å². The van der Waals surface area contributed by atoms with Gasteiger partial charge in [0.15, 0.2) is 11.7 Å². The van der Waals surface area contributed by atoms with Crippen LogP contribution in [0.1, 0.15) is 29.6 Å². The SMILES string of the molecule is CNC(=O)CCC(=O)c1cccc(NC2=NCCCN2)c1. The molecule has 112 valence electrons. The van der Waals surface area contributed by atoms with Crippen LogP contribution in [-0.2, 0) is 4.79 Å². The van der Waals surface area contributed by atoms with Crippen LogP contribution in [0.4, 0.5) is 5.69 Å². The molecule has 0 saturated carbocycles. The highest BCUT2D eigenvalue weighted by Crippen LogP contribution is 2.13. The van der Waals surface area contributed by atoms with Crippen molar-refractivity contribution in [2.45, 2.75) is 19.3 Å². The van der Waals surface area contributed by atoms with E-state index in [0.29, 0.717) is 5.56 Å². The third kappa shape index (κ3) is 4.59. The van der Waals surface area contributed by atoms with E-state index < -0.39 is 0 Å². The van der Waals surface area contributed by atoms with E-state index in [0.717, 1.165) is 31.2 Å². The number of amides is 1. The largest absolute Gasteiger partial charge is 0.359 e. The topological polar surface area (TPSA) is 82.6 Å². The van der Waals surface area contributed by atoms with Gasteiger partial charge in [-0.15, -0.1) is 0 Å². The van der Waals surface area contributed by atoms with Crippen LogP contribution in [0, 0.1) is 0 Å². The summed E-state index contributed by atoms with van der Waals surface area (Å²) >= 11 is 0. The van der Waals surface area contributed by atoms with Crippen molar-refractivity contribution in [1.82, 2.24) is 10.6 Å². The summed E-state index contributed by atoms with van der Waals surface area (Å²) in [6.07, 6.45) is 1.45. The third-order valence-electron chi connectivity index (χ3n) is 3.20. The first-order valence-electron chi connectivity index (χ1n) is 7.08. The Kier molecular flexibility index (Phi) is 5.31. The molecule has 2 rings (SSSR count). The maximum atomic E-state index is 12.1. The van der Waals surface area contributed by atoms with Gasteiger partial charge in [0.05, 0.1) is 0 Å². The number of benzene rings is 1. The zero-order chi connectivity index (χ0) is 15.1. The number of nitrogens with one attached hydrogen (secondary N) is 3. The van der Waals surface area contributed by atoms with Crippen molar-refractivity contribution >= 4 is 23.3 Å². The monoisotopic (exact) mass is 288 g/mol. The van der Waals surface area contributed by atoms with Crippen molar-refractivity contribution in [3.05, 3.63) is 29.8 Å². The van der Waals surface area contributed by atoms with E-state index in [2.05, 4.69) is 20.9 Å². The molecular formula is C15H20N4O2. The van der Waals surface area contributed by atoms with E-state index in [-0.39, 0.29) is 24.5 Å². The molecule has 6 heteroatoms. The van der Waals surface area contributed by atoms with Crippen molar-refractivity contribution in [3.63, 3.8) is 0 Å². The molecule has 1 amide bonds. The molecule has 3 N–H and O–H groups in total. The fourth-order valence-corrected chi connectivity index (χ4v) is 2.02. The number of guanidine groups is 1. The molecule has 1 aliphatic rings. The molecule has 0 aliphatic carbocycles. The maximum Gasteiger partial charge on any atom is 0.220 e. The number of Topliss-reactive ketones (excluding diaryl/α,β-unsaturated/α-hetero) is 1. The van der Waals surface area contributed by atoms with E-state index in [4.69, 9.17) is 0 Å². The summed E-state index contributed by atoms with van der Waals surface area (Å²) in [5.41, 5.74) is 1.41. The molecule has 1 heterocycles. The number of aliphatic imine (C=N–C) groups is 1. The number of ketones is 1. The van der Waals surface area contributed by atoms with E-state index in [1.54, 1.807) is 19.2 Å². The summed E-state index contributed by atoms with van der Waals surface area (Å²) in [7, 11) is 1.56. The quantitative estimate of drug-likeness (QED) is 0.710. The second-order valence-electron chi connectivity index (χ2n) is 4.81. The third-order valence-corrected chi connectivity index (χ3v) is 3.20. The Morgan fingerprint density at radius 2 is 2.19 bits per heavy atom. The van der Waals surface area contributed by atoms with Crippen molar-refractivity contribution in [1.29, 1.82) is 0 Å². The lowest BCUT2D eigenvalue weighted by molar-refractivity contribution is -0.120. The van der Waals surface area contributed by atoms with Crippen LogP contribution >= 0.6 is 0 Å². The lowest BCUT2D eigenvalue weighted by Gasteiger charge is -2.16. The van der Waals surface area contributed by atoms with Crippen LogP contribution in [0.3, 0.4) is 0 Å². The normalized spacial score (nSPS) is 13.9. The molecule has 0 spiro atoms. The summed E-state index contributed by atoms with van der Waals surface area (Å²) < 4.78 is 0. The summed E-state index contributed by atoms with van der Waals surface area (Å²) in [5.74, 6) is 0.565. The highest BCUT2D eigenvalue weighted by molar-refractivity contribution is 6.00. The smallest absolute Gasteiger partial charge is 0.220 e. The highest BCUT2D eigenvalue weighted by Gasteiger charge is 2.10. The van der Waals surface area contributed by atoms with Gasteiger partial charge in [-0.3, -0.25) is 14.6 Å². The molecule has 1 aliphatic heterocycles. The standard InChI is InChI=1S/C15H20N4O2/c1-16-14(21)7-6-13(20)11-4-2-5-12(10-11)19-15-17-8-3-9-18-15/h2,4-5,10H,3,6-9H2,1H3,(H,16,21)(H2,17,18,19). The average Bonchev–Trinajstić information content (AvgIpc) is 2.53. The molecule has 0 saturated heterocycles. The van der Waals surface area contributed by atoms with Crippen LogP contribution in [-0.4, -0.2) is 37.8 Å². The van der Waals surface area contributed by atoms with Crippen molar-refractivity contribution < 1.29 is 9.59 Å². The minimum atomic E-state index is -0.126. The molecule has 6 nitrogen and oxygen atoms in total. The maximum absolute atomic E-state index is 12.1. The van der Waals surface area contributed by atoms with Crippen LogP contribution in [0.25, 0.3) is 0 Å². The molecule has 21 heavy (non-hydrogen) atoms. The number of carbonyl (C=O) groups is 2. The predicted octanol–water partition coefficient (Wildman–Crippen LogP) is 1.16. The Labute approximate surface area is 124 Å². The Balaban J connectivity index is 1.98. The first kappa shape index (κ1) is 15.0. The summed E-state index contributed by atoms with van der Waals surface area (Å²) in [6, 6.07) is 7.24. The van der Waals surface area contributed by atoms with E-state index in [1.165, 1.54) is 0 Å². The molecule has 0 aromatic heterocycles. The number of nitrogens with zero attached hydrogens (tertiary/aromatic N) is 1. The Bertz CT molecular complexity index is 554. The highest BCUT2D eigenvalue weighted by atomic mass is 16.2. The van der Waals surface area contributed by atoms with E-state index >= 15 is 0 Å². The molecule has 0 fully saturated rings. The first-order valence-corrected chi connectivity index (χ1v) is 7.08. The van der Waals surface area contributed by atoms with Gasteiger partial charge >= 0.3 is 0 Å². The molecule has 1 aromatic rings. The molecule has 0 unspecified atom stereocenters. The van der Waals surface area contributed by atoms with Crippen molar-refractivity contribution in [3.8, 4) is 0 Å². The summed E-state index contributed by atoms with van der Waals surface area (Å²) in [6.45, 7) is 1.71. The van der Waals surface area contributed by atoms with Gasteiger partial charge in [0.1, 0.15) is 0 Å². The van der Waals surface area contributed by atoms with Gasteiger partial charge in [-0.25, -0.2) is 0 Å². The van der Waals surface area contributed by atoms with Crippen LogP contribution in [0.2, 0.25) is 0 Å². The molecule has 0 radical (unpaired) electrons. The fourth-order valence-electron chi connectivity index (χ4n) is 2.02. The van der Waals surface area contributed by atoms with Crippen LogP contribution < -0.4 is 16.0 Å². The zero-order valence-electron chi connectivity index (χ0n) is 12.1. The number of anilines is 1. The van der Waals surface area contributed by atoms with Crippen molar-refractivity contribution in [2.24, 2.45) is 4.99 Å². The minimum Gasteiger partial charge on any atom is -0.359 e. The number of hydrogen-bond donors (Lipinski definition) is 3. The van der Waals surface area contributed by atoms with Crippen molar-refractivity contribution in [2.75, 3.05) is 25.5 Å². The Morgan fingerprint density at radius 3 is 2.90 bits per heavy atom. The van der Waals surface area contributed by atoms with Crippen LogP contribution in [0.15, 0.2) is 29.3 Å². The van der Waals surface area contributed by atoms with Gasteiger partial charge in [-0.2, -0.15) is 0 Å². The number of hydrogen-bond acceptors (Lipinski definition) is 5. The molecule has 0 bridgehead atoms. The van der Waals surface area contributed by atoms with Crippen LogP contribution in [0.5, 0.6) is 0 Å². The Hall–Kier alpha value is -2.37. The average molecular weight is 288 g/mol. The summed E-state index contributed by atoms with van der Waals surface area (Å²) in [5, 5.41) is 8.83.